The van der Waals surface area contributed by atoms with Gasteiger partial charge in [0.05, 0.1) is 12.8 Å². The molecule has 5 rings (SSSR count). The van der Waals surface area contributed by atoms with Crippen LogP contribution < -0.4 is 16.1 Å². The highest BCUT2D eigenvalue weighted by Gasteiger charge is 2.28. The van der Waals surface area contributed by atoms with Crippen molar-refractivity contribution in [3.8, 4) is 11.6 Å². The van der Waals surface area contributed by atoms with Gasteiger partial charge in [-0.3, -0.25) is 9.78 Å². The predicted octanol–water partition coefficient (Wildman–Crippen LogP) is 1.41. The van der Waals surface area contributed by atoms with Gasteiger partial charge in [-0.05, 0) is 28.7 Å². The highest BCUT2D eigenvalue weighted by atomic mass is 16.5. The number of nitrogens with one attached hydrogen (secondary N) is 2. The summed E-state index contributed by atoms with van der Waals surface area (Å²) in [5, 5.41) is 23.8. The molecule has 3 heterocycles. The maximum Gasteiger partial charge on any atom is 0.491 e. The van der Waals surface area contributed by atoms with Crippen LogP contribution >= 0.6 is 0 Å². The lowest BCUT2D eigenvalue weighted by molar-refractivity contribution is -0.116. The van der Waals surface area contributed by atoms with Crippen LogP contribution in [0.15, 0.2) is 71.5 Å². The summed E-state index contributed by atoms with van der Waals surface area (Å²) >= 11 is 0. The Kier molecular flexibility index (Phi) is 5.79. The van der Waals surface area contributed by atoms with Crippen molar-refractivity contribution in [1.82, 2.24) is 20.2 Å². The third kappa shape index (κ3) is 4.74. The highest BCUT2D eigenvalue weighted by Crippen LogP contribution is 2.19. The van der Waals surface area contributed by atoms with Gasteiger partial charge in [-0.2, -0.15) is 0 Å². The van der Waals surface area contributed by atoms with E-state index in [1.165, 1.54) is 12.4 Å². The number of anilines is 2. The number of amides is 1. The number of hydrogen-bond acceptors (Lipinski definition) is 9. The molecule has 3 N–H and O–H groups in total. The van der Waals surface area contributed by atoms with E-state index in [0.29, 0.717) is 29.9 Å². The molecule has 0 bridgehead atoms. The van der Waals surface area contributed by atoms with E-state index in [2.05, 4.69) is 30.8 Å². The maximum atomic E-state index is 13.2. The monoisotopic (exact) mass is 442 g/mol. The van der Waals surface area contributed by atoms with Crippen molar-refractivity contribution in [3.63, 3.8) is 0 Å². The minimum atomic E-state index is -0.993. The molecule has 0 unspecified atom stereocenters. The lowest BCUT2D eigenvalue weighted by atomic mass is 9.79. The highest BCUT2D eigenvalue weighted by molar-refractivity contribution is 6.61. The van der Waals surface area contributed by atoms with Crippen LogP contribution in [0, 0.1) is 0 Å². The van der Waals surface area contributed by atoms with Gasteiger partial charge in [0, 0.05) is 24.5 Å². The average molecular weight is 442 g/mol. The fourth-order valence-corrected chi connectivity index (χ4v) is 3.52. The topological polar surface area (TPSA) is 135 Å². The van der Waals surface area contributed by atoms with E-state index in [9.17, 15) is 9.82 Å². The van der Waals surface area contributed by atoms with Crippen LogP contribution in [-0.2, 0) is 22.5 Å². The summed E-state index contributed by atoms with van der Waals surface area (Å²) in [6.07, 6.45) is 4.96. The van der Waals surface area contributed by atoms with Crippen molar-refractivity contribution in [1.29, 1.82) is 0 Å². The fraction of sp³-hybridized carbons (Fsp3) is 0.136. The van der Waals surface area contributed by atoms with Gasteiger partial charge in [0.1, 0.15) is 11.7 Å². The number of aromatic nitrogens is 4. The quantitative estimate of drug-likeness (QED) is 0.363. The molecule has 1 atom stereocenters. The predicted molar refractivity (Wildman–Crippen MR) is 120 cm³/mol. The second-order valence-electron chi connectivity index (χ2n) is 7.46. The summed E-state index contributed by atoms with van der Waals surface area (Å²) in [5.74, 6) is -0.108. The molecular formula is C22H19BN6O4. The Morgan fingerprint density at radius 1 is 1.15 bits per heavy atom. The zero-order chi connectivity index (χ0) is 22.6. The summed E-state index contributed by atoms with van der Waals surface area (Å²) in [6, 6.07) is 14.3. The van der Waals surface area contributed by atoms with Gasteiger partial charge in [-0.1, -0.05) is 41.5 Å². The molecule has 0 fully saturated rings. The minimum absolute atomic E-state index is 0.0875. The molecule has 0 saturated carbocycles. The third-order valence-electron chi connectivity index (χ3n) is 5.18. The van der Waals surface area contributed by atoms with Crippen LogP contribution in [0.2, 0.25) is 0 Å². The number of benzene rings is 2. The molecule has 1 amide bonds. The number of hydrogen-bond donors (Lipinski definition) is 3. The molecule has 2 aromatic heterocycles. The lowest BCUT2D eigenvalue weighted by Crippen LogP contribution is -2.37. The summed E-state index contributed by atoms with van der Waals surface area (Å²) in [7, 11) is -0.993. The van der Waals surface area contributed by atoms with Gasteiger partial charge < -0.3 is 24.7 Å². The number of fused-ring (bicyclic) bond motifs is 1. The fourth-order valence-electron chi connectivity index (χ4n) is 3.52. The normalized spacial score (nSPS) is 13.4. The van der Waals surface area contributed by atoms with Crippen molar-refractivity contribution in [2.24, 2.45) is 0 Å². The van der Waals surface area contributed by atoms with Crippen molar-refractivity contribution in [2.45, 2.75) is 19.1 Å². The molecule has 0 saturated heterocycles. The van der Waals surface area contributed by atoms with E-state index in [-0.39, 0.29) is 17.8 Å². The molecule has 1 aliphatic rings. The molecule has 10 nitrogen and oxygen atoms in total. The number of rotatable bonds is 7. The van der Waals surface area contributed by atoms with Crippen molar-refractivity contribution >= 4 is 30.2 Å². The van der Waals surface area contributed by atoms with E-state index in [1.807, 2.05) is 36.4 Å². The molecule has 4 aromatic rings. The largest absolute Gasteiger partial charge is 0.491 e. The van der Waals surface area contributed by atoms with Gasteiger partial charge in [0.15, 0.2) is 0 Å². The van der Waals surface area contributed by atoms with E-state index in [0.717, 1.165) is 11.1 Å². The molecule has 164 valence electrons. The average Bonchev–Trinajstić information content (AvgIpc) is 3.47. The first-order chi connectivity index (χ1) is 16.2. The van der Waals surface area contributed by atoms with Gasteiger partial charge >= 0.3 is 13.1 Å². The first kappa shape index (κ1) is 20.8. The second kappa shape index (κ2) is 9.19. The second-order valence-corrected chi connectivity index (χ2v) is 7.46. The van der Waals surface area contributed by atoms with Gasteiger partial charge in [0.2, 0.25) is 5.91 Å². The summed E-state index contributed by atoms with van der Waals surface area (Å²) in [6.45, 7) is 0.341. The Morgan fingerprint density at radius 2 is 2.03 bits per heavy atom. The van der Waals surface area contributed by atoms with Crippen LogP contribution in [0.3, 0.4) is 0 Å². The van der Waals surface area contributed by atoms with Crippen LogP contribution in [0.5, 0.6) is 0 Å². The molecule has 1 aliphatic heterocycles. The summed E-state index contributed by atoms with van der Waals surface area (Å²) in [5.41, 5.74) is 3.47. The number of carbonyl (C=O) groups is 1. The Hall–Kier alpha value is -4.09. The van der Waals surface area contributed by atoms with Crippen LogP contribution in [0.1, 0.15) is 11.1 Å². The van der Waals surface area contributed by atoms with E-state index >= 15 is 0 Å². The van der Waals surface area contributed by atoms with Crippen molar-refractivity contribution < 1.29 is 18.9 Å². The van der Waals surface area contributed by atoms with Gasteiger partial charge in [0.25, 0.3) is 5.89 Å². The van der Waals surface area contributed by atoms with E-state index in [4.69, 9.17) is 9.07 Å². The molecule has 0 radical (unpaired) electrons. The van der Waals surface area contributed by atoms with Crippen LogP contribution in [0.4, 0.5) is 11.7 Å². The summed E-state index contributed by atoms with van der Waals surface area (Å²) in [4.78, 5) is 21.3. The Bertz CT molecular complexity index is 1250. The molecular weight excluding hydrogens is 423 g/mol. The van der Waals surface area contributed by atoms with Crippen molar-refractivity contribution in [3.05, 3.63) is 78.2 Å². The first-order valence-electron chi connectivity index (χ1n) is 10.3. The Morgan fingerprint density at radius 3 is 2.85 bits per heavy atom. The van der Waals surface area contributed by atoms with E-state index in [1.54, 1.807) is 18.3 Å². The SMILES string of the molecule is O=C(Nc1ccc2c(c1)B(O)OC2)[C@H](Cc1ccccc1)Nc1nnc(-c2cnccn2)o1. The zero-order valence-corrected chi connectivity index (χ0v) is 17.4. The van der Waals surface area contributed by atoms with Crippen LogP contribution in [-0.4, -0.2) is 44.3 Å². The molecule has 0 spiro atoms. The third-order valence-corrected chi connectivity index (χ3v) is 5.18. The Balaban J connectivity index is 1.36. The minimum Gasteiger partial charge on any atom is -0.423 e. The first-order valence-corrected chi connectivity index (χ1v) is 10.3. The molecule has 33 heavy (non-hydrogen) atoms. The van der Waals surface area contributed by atoms with Gasteiger partial charge in [-0.25, -0.2) is 4.98 Å². The lowest BCUT2D eigenvalue weighted by Gasteiger charge is -2.18. The maximum absolute atomic E-state index is 13.2. The van der Waals surface area contributed by atoms with Crippen molar-refractivity contribution in [2.75, 3.05) is 10.6 Å². The summed E-state index contributed by atoms with van der Waals surface area (Å²) < 4.78 is 10.9. The Labute approximate surface area is 189 Å². The number of carbonyl (C=O) groups excluding carboxylic acids is 1. The molecule has 2 aromatic carbocycles. The smallest absolute Gasteiger partial charge is 0.423 e. The molecule has 0 aliphatic carbocycles. The van der Waals surface area contributed by atoms with Crippen LogP contribution in [0.25, 0.3) is 11.6 Å². The zero-order valence-electron chi connectivity index (χ0n) is 17.4. The number of nitrogens with zero attached hydrogens (tertiary/aromatic N) is 4. The standard InChI is InChI=1S/C22H19BN6O4/c30-20(26-16-7-6-15-13-32-23(31)17(15)11-16)18(10-14-4-2-1-3-5-14)27-22-29-28-21(33-22)19-12-24-8-9-25-19/h1-9,11-12,18,31H,10,13H2,(H,26,30)(H,27,29)/t18-/m0/s1. The van der Waals surface area contributed by atoms with Gasteiger partial charge in [-0.15, -0.1) is 5.10 Å². The molecule has 11 heteroatoms. The van der Waals surface area contributed by atoms with E-state index < -0.39 is 13.2 Å².